The molecule has 0 spiro atoms. The van der Waals surface area contributed by atoms with E-state index >= 15 is 0 Å². The number of aryl methyl sites for hydroxylation is 1. The van der Waals surface area contributed by atoms with Gasteiger partial charge < -0.3 is 5.32 Å². The topological polar surface area (TPSA) is 42.0 Å². The smallest absolute Gasteiger partial charge is 0.322 e. The van der Waals surface area contributed by atoms with Crippen molar-refractivity contribution >= 4 is 11.6 Å². The van der Waals surface area contributed by atoms with Gasteiger partial charge in [0.05, 0.1) is 11.1 Å². The first-order valence-corrected chi connectivity index (χ1v) is 5.78. The highest BCUT2D eigenvalue weighted by Crippen LogP contribution is 2.30. The van der Waals surface area contributed by atoms with Gasteiger partial charge in [-0.2, -0.15) is 13.2 Å². The number of carbonyl (C=O) groups is 1. The lowest BCUT2D eigenvalue weighted by atomic mass is 10.1. The lowest BCUT2D eigenvalue weighted by molar-refractivity contribution is -0.137. The summed E-state index contributed by atoms with van der Waals surface area (Å²) in [5.41, 5.74) is 0.119. The maximum Gasteiger partial charge on any atom is 0.416 e. The molecule has 0 atom stereocenters. The van der Waals surface area contributed by atoms with E-state index < -0.39 is 17.6 Å². The number of benzene rings is 1. The van der Waals surface area contributed by atoms with Crippen LogP contribution in [0.2, 0.25) is 0 Å². The maximum atomic E-state index is 12.6. The average molecular weight is 280 g/mol. The van der Waals surface area contributed by atoms with Crippen LogP contribution < -0.4 is 5.32 Å². The van der Waals surface area contributed by atoms with Gasteiger partial charge in [0.2, 0.25) is 0 Å². The minimum atomic E-state index is -4.44. The molecular formula is C14H11F3N2O. The van der Waals surface area contributed by atoms with Crippen molar-refractivity contribution in [3.05, 3.63) is 59.4 Å². The Bertz CT molecular complexity index is 638. The molecule has 0 bridgehead atoms. The second kappa shape index (κ2) is 5.32. The maximum absolute atomic E-state index is 12.6. The molecule has 0 saturated carbocycles. The van der Waals surface area contributed by atoms with Crippen LogP contribution in [-0.2, 0) is 6.18 Å². The highest BCUT2D eigenvalue weighted by molar-refractivity contribution is 6.04. The van der Waals surface area contributed by atoms with Crippen LogP contribution in [0.4, 0.5) is 18.9 Å². The molecule has 0 radical (unpaired) electrons. The van der Waals surface area contributed by atoms with E-state index in [9.17, 15) is 18.0 Å². The molecule has 1 aromatic heterocycles. The van der Waals surface area contributed by atoms with Gasteiger partial charge in [0.25, 0.3) is 5.91 Å². The molecule has 1 N–H and O–H groups in total. The Labute approximate surface area is 113 Å². The molecule has 1 amide bonds. The number of rotatable bonds is 2. The van der Waals surface area contributed by atoms with Crippen molar-refractivity contribution in [1.29, 1.82) is 0 Å². The number of carbonyl (C=O) groups excluding carboxylic acids is 1. The normalized spacial score (nSPS) is 11.2. The Morgan fingerprint density at radius 2 is 1.95 bits per heavy atom. The molecular weight excluding hydrogens is 269 g/mol. The molecule has 104 valence electrons. The Hall–Kier alpha value is -2.37. The van der Waals surface area contributed by atoms with Crippen LogP contribution in [-0.4, -0.2) is 10.9 Å². The summed E-state index contributed by atoms with van der Waals surface area (Å²) in [5.74, 6) is -0.491. The van der Waals surface area contributed by atoms with Gasteiger partial charge in [0.15, 0.2) is 0 Å². The van der Waals surface area contributed by atoms with E-state index in [0.29, 0.717) is 11.3 Å². The Kier molecular flexibility index (Phi) is 3.74. The molecule has 3 nitrogen and oxygen atoms in total. The predicted molar refractivity (Wildman–Crippen MR) is 68.4 cm³/mol. The number of hydrogen-bond donors (Lipinski definition) is 1. The van der Waals surface area contributed by atoms with E-state index in [2.05, 4.69) is 10.3 Å². The minimum Gasteiger partial charge on any atom is -0.322 e. The lowest BCUT2D eigenvalue weighted by Crippen LogP contribution is -2.14. The van der Waals surface area contributed by atoms with Crippen LogP contribution in [0.1, 0.15) is 21.6 Å². The van der Waals surface area contributed by atoms with Crippen molar-refractivity contribution in [2.75, 3.05) is 5.32 Å². The predicted octanol–water partition coefficient (Wildman–Crippen LogP) is 3.66. The van der Waals surface area contributed by atoms with Crippen LogP contribution in [0.5, 0.6) is 0 Å². The van der Waals surface area contributed by atoms with Crippen molar-refractivity contribution < 1.29 is 18.0 Å². The molecule has 0 aliphatic rings. The summed E-state index contributed by atoms with van der Waals surface area (Å²) in [6.07, 6.45) is -2.90. The zero-order valence-electron chi connectivity index (χ0n) is 10.5. The summed E-state index contributed by atoms with van der Waals surface area (Å²) in [6.45, 7) is 1.65. The molecule has 2 rings (SSSR count). The van der Waals surface area contributed by atoms with Gasteiger partial charge in [-0.1, -0.05) is 6.07 Å². The fraction of sp³-hybridized carbons (Fsp3) is 0.143. The third-order valence-corrected chi connectivity index (χ3v) is 2.70. The number of amides is 1. The van der Waals surface area contributed by atoms with Crippen molar-refractivity contribution in [2.45, 2.75) is 13.1 Å². The van der Waals surface area contributed by atoms with Crippen molar-refractivity contribution in [3.8, 4) is 0 Å². The Morgan fingerprint density at radius 3 is 2.60 bits per heavy atom. The average Bonchev–Trinajstić information content (AvgIpc) is 2.38. The van der Waals surface area contributed by atoms with Gasteiger partial charge in [-0.25, -0.2) is 0 Å². The number of pyridine rings is 1. The van der Waals surface area contributed by atoms with Crippen molar-refractivity contribution in [1.82, 2.24) is 4.98 Å². The molecule has 0 unspecified atom stereocenters. The van der Waals surface area contributed by atoms with Gasteiger partial charge in [0.1, 0.15) is 0 Å². The third-order valence-electron chi connectivity index (χ3n) is 2.70. The van der Waals surface area contributed by atoms with E-state index in [4.69, 9.17) is 0 Å². The fourth-order valence-corrected chi connectivity index (χ4v) is 1.70. The zero-order chi connectivity index (χ0) is 14.8. The van der Waals surface area contributed by atoms with Gasteiger partial charge in [-0.15, -0.1) is 0 Å². The summed E-state index contributed by atoms with van der Waals surface area (Å²) in [6, 6.07) is 7.64. The molecule has 0 aliphatic heterocycles. The number of aromatic nitrogens is 1. The first-order valence-electron chi connectivity index (χ1n) is 5.78. The first kappa shape index (κ1) is 14.0. The highest BCUT2D eigenvalue weighted by atomic mass is 19.4. The SMILES string of the molecule is Cc1ncccc1C(=O)Nc1cccc(C(F)(F)F)c1. The highest BCUT2D eigenvalue weighted by Gasteiger charge is 2.30. The molecule has 1 aromatic carbocycles. The Morgan fingerprint density at radius 1 is 1.20 bits per heavy atom. The number of hydrogen-bond acceptors (Lipinski definition) is 2. The second-order valence-corrected chi connectivity index (χ2v) is 4.17. The molecule has 1 heterocycles. The largest absolute Gasteiger partial charge is 0.416 e. The van der Waals surface area contributed by atoms with Crippen molar-refractivity contribution in [2.24, 2.45) is 0 Å². The van der Waals surface area contributed by atoms with Gasteiger partial charge in [-0.3, -0.25) is 9.78 Å². The standard InChI is InChI=1S/C14H11F3N2O/c1-9-12(6-3-7-18-9)13(20)19-11-5-2-4-10(8-11)14(15,16)17/h2-8H,1H3,(H,19,20). The van der Waals surface area contributed by atoms with Crippen LogP contribution >= 0.6 is 0 Å². The third kappa shape index (κ3) is 3.14. The summed E-state index contributed by atoms with van der Waals surface area (Å²) in [4.78, 5) is 15.9. The van der Waals surface area contributed by atoms with E-state index in [-0.39, 0.29) is 5.69 Å². The van der Waals surface area contributed by atoms with E-state index in [0.717, 1.165) is 12.1 Å². The molecule has 0 fully saturated rings. The van der Waals surface area contributed by atoms with Crippen LogP contribution in [0.25, 0.3) is 0 Å². The minimum absolute atomic E-state index is 0.0908. The number of alkyl halides is 3. The zero-order valence-corrected chi connectivity index (χ0v) is 10.5. The van der Waals surface area contributed by atoms with Crippen LogP contribution in [0.15, 0.2) is 42.6 Å². The first-order chi connectivity index (χ1) is 9.38. The summed E-state index contributed by atoms with van der Waals surface area (Å²) in [7, 11) is 0. The van der Waals surface area contributed by atoms with Crippen LogP contribution in [0, 0.1) is 6.92 Å². The van der Waals surface area contributed by atoms with Crippen LogP contribution in [0.3, 0.4) is 0 Å². The van der Waals surface area contributed by atoms with E-state index in [1.807, 2.05) is 0 Å². The second-order valence-electron chi connectivity index (χ2n) is 4.17. The number of nitrogens with zero attached hydrogens (tertiary/aromatic N) is 1. The summed E-state index contributed by atoms with van der Waals surface area (Å²) in [5, 5.41) is 2.43. The van der Waals surface area contributed by atoms with E-state index in [1.54, 1.807) is 19.1 Å². The summed E-state index contributed by atoms with van der Waals surface area (Å²) >= 11 is 0. The lowest BCUT2D eigenvalue weighted by Gasteiger charge is -2.10. The Balaban J connectivity index is 2.23. The molecule has 20 heavy (non-hydrogen) atoms. The summed E-state index contributed by atoms with van der Waals surface area (Å²) < 4.78 is 37.7. The molecule has 0 aliphatic carbocycles. The van der Waals surface area contributed by atoms with Crippen molar-refractivity contribution in [3.63, 3.8) is 0 Å². The number of anilines is 1. The monoisotopic (exact) mass is 280 g/mol. The van der Waals surface area contributed by atoms with Gasteiger partial charge >= 0.3 is 6.18 Å². The molecule has 0 saturated heterocycles. The number of halogens is 3. The molecule has 2 aromatic rings. The molecule has 6 heteroatoms. The fourth-order valence-electron chi connectivity index (χ4n) is 1.70. The number of nitrogens with one attached hydrogen (secondary N) is 1. The van der Waals surface area contributed by atoms with Gasteiger partial charge in [0, 0.05) is 17.6 Å². The van der Waals surface area contributed by atoms with Gasteiger partial charge in [-0.05, 0) is 37.3 Å². The van der Waals surface area contributed by atoms with E-state index in [1.165, 1.54) is 18.3 Å². The quantitative estimate of drug-likeness (QED) is 0.912.